The van der Waals surface area contributed by atoms with Crippen LogP contribution in [-0.2, 0) is 0 Å². The predicted molar refractivity (Wildman–Crippen MR) is 102 cm³/mol. The van der Waals surface area contributed by atoms with Gasteiger partial charge in [-0.05, 0) is 57.3 Å². The summed E-state index contributed by atoms with van der Waals surface area (Å²) in [6.45, 7) is 11.9. The molecule has 5 heteroatoms. The van der Waals surface area contributed by atoms with Crippen LogP contribution < -0.4 is 0 Å². The second kappa shape index (κ2) is 9.16. The van der Waals surface area contributed by atoms with Gasteiger partial charge in [0.25, 0.3) is 0 Å². The van der Waals surface area contributed by atoms with Crippen molar-refractivity contribution in [1.82, 2.24) is 19.8 Å². The van der Waals surface area contributed by atoms with Crippen molar-refractivity contribution in [2.24, 2.45) is 5.92 Å². The molecule has 1 aromatic rings. The van der Waals surface area contributed by atoms with E-state index in [-0.39, 0.29) is 0 Å². The molecule has 0 radical (unpaired) electrons. The van der Waals surface area contributed by atoms with Crippen LogP contribution in [0, 0.1) is 5.92 Å². The summed E-state index contributed by atoms with van der Waals surface area (Å²) < 4.78 is 0. The zero-order valence-corrected chi connectivity index (χ0v) is 16.1. The summed E-state index contributed by atoms with van der Waals surface area (Å²) in [5, 5.41) is 0.965. The Morgan fingerprint density at radius 1 is 1.17 bits per heavy atom. The lowest BCUT2D eigenvalue weighted by atomic mass is 9.94. The minimum absolute atomic E-state index is 0.582. The number of nitrogens with zero attached hydrogens (tertiary/aromatic N) is 4. The van der Waals surface area contributed by atoms with Gasteiger partial charge in [0.1, 0.15) is 0 Å². The predicted octanol–water partition coefficient (Wildman–Crippen LogP) is 3.50. The van der Waals surface area contributed by atoms with E-state index in [0.29, 0.717) is 5.92 Å². The second-order valence-electron chi connectivity index (χ2n) is 7.65. The van der Waals surface area contributed by atoms with Crippen LogP contribution in [0.4, 0.5) is 0 Å². The van der Waals surface area contributed by atoms with Crippen LogP contribution >= 0.6 is 11.8 Å². The Kier molecular flexibility index (Phi) is 6.93. The molecule has 4 nitrogen and oxygen atoms in total. The second-order valence-corrected chi connectivity index (χ2v) is 8.72. The van der Waals surface area contributed by atoms with Crippen molar-refractivity contribution in [1.29, 1.82) is 0 Å². The first-order chi connectivity index (χ1) is 11.7. The van der Waals surface area contributed by atoms with Crippen LogP contribution in [0.2, 0.25) is 0 Å². The quantitative estimate of drug-likeness (QED) is 0.556. The van der Waals surface area contributed by atoms with Gasteiger partial charge in [-0.1, -0.05) is 25.6 Å². The van der Waals surface area contributed by atoms with Gasteiger partial charge in [-0.25, -0.2) is 9.97 Å². The van der Waals surface area contributed by atoms with Crippen LogP contribution in [-0.4, -0.2) is 64.8 Å². The summed E-state index contributed by atoms with van der Waals surface area (Å²) in [6, 6.07) is 2.13. The minimum Gasteiger partial charge on any atom is -0.303 e. The first kappa shape index (κ1) is 18.2. The Morgan fingerprint density at radius 2 is 1.96 bits per heavy atom. The van der Waals surface area contributed by atoms with E-state index in [1.54, 1.807) is 0 Å². The summed E-state index contributed by atoms with van der Waals surface area (Å²) in [5.41, 5.74) is 1.25. The van der Waals surface area contributed by atoms with Crippen LogP contribution in [0.3, 0.4) is 0 Å². The van der Waals surface area contributed by atoms with Crippen molar-refractivity contribution in [2.45, 2.75) is 50.6 Å². The van der Waals surface area contributed by atoms with E-state index in [1.165, 1.54) is 64.1 Å². The zero-order chi connectivity index (χ0) is 16.8. The molecule has 0 aliphatic carbocycles. The fourth-order valence-electron chi connectivity index (χ4n) is 3.90. The summed E-state index contributed by atoms with van der Waals surface area (Å²) >= 11 is 1.82. The van der Waals surface area contributed by atoms with Crippen LogP contribution in [0.25, 0.3) is 0 Å². The van der Waals surface area contributed by atoms with Crippen molar-refractivity contribution in [3.05, 3.63) is 18.0 Å². The fourth-order valence-corrected chi connectivity index (χ4v) is 4.74. The maximum absolute atomic E-state index is 4.88. The fraction of sp³-hybridized carbons (Fsp3) is 0.789. The highest BCUT2D eigenvalue weighted by Crippen LogP contribution is 2.27. The topological polar surface area (TPSA) is 32.3 Å². The van der Waals surface area contributed by atoms with Crippen LogP contribution in [0.5, 0.6) is 0 Å². The Balaban J connectivity index is 1.52. The third-order valence-corrected chi connectivity index (χ3v) is 5.88. The lowest BCUT2D eigenvalue weighted by molar-refractivity contribution is 0.186. The highest BCUT2D eigenvalue weighted by molar-refractivity contribution is 7.99. The van der Waals surface area contributed by atoms with Crippen molar-refractivity contribution in [3.8, 4) is 0 Å². The number of thioether (sulfide) groups is 1. The maximum atomic E-state index is 4.88. The molecule has 2 aliphatic heterocycles. The average Bonchev–Trinajstić information content (AvgIpc) is 3.08. The lowest BCUT2D eigenvalue weighted by Crippen LogP contribution is -2.37. The largest absolute Gasteiger partial charge is 0.303 e. The highest BCUT2D eigenvalue weighted by Gasteiger charge is 2.23. The zero-order valence-electron chi connectivity index (χ0n) is 15.3. The maximum Gasteiger partial charge on any atom is 0.187 e. The van der Waals surface area contributed by atoms with Gasteiger partial charge in [0.05, 0.1) is 0 Å². The smallest absolute Gasteiger partial charge is 0.187 e. The van der Waals surface area contributed by atoms with Gasteiger partial charge in [-0.15, -0.1) is 0 Å². The minimum atomic E-state index is 0.582. The van der Waals surface area contributed by atoms with Crippen molar-refractivity contribution in [3.63, 3.8) is 0 Å². The van der Waals surface area contributed by atoms with Gasteiger partial charge in [-0.3, -0.25) is 0 Å². The van der Waals surface area contributed by atoms with Crippen LogP contribution in [0.1, 0.15) is 51.1 Å². The highest BCUT2D eigenvalue weighted by atomic mass is 32.2. The van der Waals surface area contributed by atoms with Gasteiger partial charge in [0.2, 0.25) is 0 Å². The van der Waals surface area contributed by atoms with E-state index in [4.69, 9.17) is 4.98 Å². The van der Waals surface area contributed by atoms with Gasteiger partial charge in [0.15, 0.2) is 5.16 Å². The summed E-state index contributed by atoms with van der Waals surface area (Å²) in [6.07, 6.45) is 7.25. The molecule has 0 spiro atoms. The molecule has 134 valence electrons. The van der Waals surface area contributed by atoms with E-state index in [1.807, 2.05) is 18.0 Å². The van der Waals surface area contributed by atoms with E-state index in [2.05, 4.69) is 34.7 Å². The normalized spacial score (nSPS) is 23.2. The third-order valence-electron chi connectivity index (χ3n) is 5.04. The van der Waals surface area contributed by atoms with Gasteiger partial charge >= 0.3 is 0 Å². The Labute approximate surface area is 151 Å². The third kappa shape index (κ3) is 5.43. The molecule has 24 heavy (non-hydrogen) atoms. The van der Waals surface area contributed by atoms with E-state index < -0.39 is 0 Å². The number of rotatable bonds is 7. The molecule has 2 aliphatic rings. The Morgan fingerprint density at radius 3 is 2.75 bits per heavy atom. The molecule has 0 saturated carbocycles. The van der Waals surface area contributed by atoms with Crippen molar-refractivity contribution in [2.75, 3.05) is 45.0 Å². The monoisotopic (exact) mass is 348 g/mol. The SMILES string of the molecule is CC(C)CN1CCC[C@H](c2ccnc(SCCN3CCCC3)n2)C1. The Hall–Kier alpha value is -0.650. The molecular formula is C19H32N4S. The summed E-state index contributed by atoms with van der Waals surface area (Å²) in [4.78, 5) is 14.5. The molecule has 0 N–H and O–H groups in total. The summed E-state index contributed by atoms with van der Waals surface area (Å²) in [7, 11) is 0. The standard InChI is InChI=1S/C19H32N4S/c1-16(2)14-23-11-5-6-17(15-23)18-7-8-20-19(21-18)24-13-12-22-9-3-4-10-22/h7-8,16-17H,3-6,9-15H2,1-2H3/t17-/m0/s1. The molecule has 3 heterocycles. The van der Waals surface area contributed by atoms with E-state index >= 15 is 0 Å². The first-order valence-electron chi connectivity index (χ1n) is 9.61. The molecule has 1 aromatic heterocycles. The average molecular weight is 349 g/mol. The molecule has 0 bridgehead atoms. The van der Waals surface area contributed by atoms with E-state index in [9.17, 15) is 0 Å². The van der Waals surface area contributed by atoms with Gasteiger partial charge in [0, 0.05) is 43.2 Å². The number of aromatic nitrogens is 2. The van der Waals surface area contributed by atoms with E-state index in [0.717, 1.165) is 23.4 Å². The van der Waals surface area contributed by atoms with Gasteiger partial charge < -0.3 is 9.80 Å². The number of piperidine rings is 1. The van der Waals surface area contributed by atoms with Crippen molar-refractivity contribution >= 4 is 11.8 Å². The number of likely N-dealkylation sites (tertiary alicyclic amines) is 2. The van der Waals surface area contributed by atoms with Gasteiger partial charge in [-0.2, -0.15) is 0 Å². The molecule has 2 saturated heterocycles. The Bertz CT molecular complexity index is 502. The molecule has 0 aromatic carbocycles. The molecule has 0 amide bonds. The van der Waals surface area contributed by atoms with Crippen molar-refractivity contribution < 1.29 is 0 Å². The van der Waals surface area contributed by atoms with Crippen LogP contribution in [0.15, 0.2) is 17.4 Å². The summed E-state index contributed by atoms with van der Waals surface area (Å²) in [5.74, 6) is 2.43. The molecular weight excluding hydrogens is 316 g/mol. The number of hydrogen-bond acceptors (Lipinski definition) is 5. The number of hydrogen-bond donors (Lipinski definition) is 0. The molecule has 3 rings (SSSR count). The first-order valence-corrected chi connectivity index (χ1v) is 10.6. The molecule has 1 atom stereocenters. The molecule has 2 fully saturated rings. The lowest BCUT2D eigenvalue weighted by Gasteiger charge is -2.33. The molecule has 0 unspecified atom stereocenters.